The molecule has 1 atom stereocenters. The molecule has 0 spiro atoms. The van der Waals surface area contributed by atoms with E-state index in [4.69, 9.17) is 4.74 Å². The number of likely N-dealkylation sites (N-methyl/N-ethyl adjacent to an activating group) is 1. The maximum atomic E-state index is 12.6. The number of fused-ring (bicyclic) bond motifs is 1. The Hall–Kier alpha value is -2.24. The van der Waals surface area contributed by atoms with Gasteiger partial charge in [-0.05, 0) is 37.1 Å². The van der Waals surface area contributed by atoms with Gasteiger partial charge in [-0.25, -0.2) is 4.79 Å². The van der Waals surface area contributed by atoms with Gasteiger partial charge in [0.2, 0.25) is 5.91 Å². The van der Waals surface area contributed by atoms with E-state index < -0.39 is 11.5 Å². The summed E-state index contributed by atoms with van der Waals surface area (Å²) >= 11 is 0. The zero-order chi connectivity index (χ0) is 15.6. The number of methoxy groups -OCH3 is 2. The Bertz CT molecular complexity index is 573. The molecule has 0 aromatic heterocycles. The molecule has 0 fully saturated rings. The van der Waals surface area contributed by atoms with Crippen molar-refractivity contribution >= 4 is 17.7 Å². The molecule has 114 valence electrons. The highest BCUT2D eigenvalue weighted by Crippen LogP contribution is 2.44. The summed E-state index contributed by atoms with van der Waals surface area (Å²) in [4.78, 5) is 25.3. The summed E-state index contributed by atoms with van der Waals surface area (Å²) in [6.45, 7) is 2.25. The van der Waals surface area contributed by atoms with Crippen LogP contribution < -0.4 is 15.0 Å². The summed E-state index contributed by atoms with van der Waals surface area (Å²) in [6, 6.07) is 5.60. The lowest BCUT2D eigenvalue weighted by Gasteiger charge is -2.23. The third-order valence-corrected chi connectivity index (χ3v) is 4.02. The molecular weight excluding hydrogens is 272 g/mol. The molecule has 1 aliphatic heterocycles. The number of nitrogens with one attached hydrogen (secondary N) is 1. The van der Waals surface area contributed by atoms with Gasteiger partial charge in [0.1, 0.15) is 5.75 Å². The first kappa shape index (κ1) is 15.2. The maximum absolute atomic E-state index is 12.6. The van der Waals surface area contributed by atoms with Crippen molar-refractivity contribution in [3.8, 4) is 5.75 Å². The van der Waals surface area contributed by atoms with Crippen LogP contribution in [0.4, 0.5) is 10.5 Å². The van der Waals surface area contributed by atoms with Crippen molar-refractivity contribution in [1.29, 1.82) is 0 Å². The van der Waals surface area contributed by atoms with Crippen LogP contribution in [0.1, 0.15) is 18.9 Å². The Morgan fingerprint density at radius 1 is 1.38 bits per heavy atom. The fraction of sp³-hybridized carbons (Fsp3) is 0.467. The van der Waals surface area contributed by atoms with Crippen LogP contribution in [0.25, 0.3) is 0 Å². The first-order chi connectivity index (χ1) is 9.93. The molecule has 0 saturated heterocycles. The van der Waals surface area contributed by atoms with Crippen LogP contribution in [0.15, 0.2) is 18.2 Å². The summed E-state index contributed by atoms with van der Waals surface area (Å²) in [5, 5.41) is 2.62. The monoisotopic (exact) mass is 292 g/mol. The van der Waals surface area contributed by atoms with Gasteiger partial charge in [0.15, 0.2) is 0 Å². The summed E-state index contributed by atoms with van der Waals surface area (Å²) in [5.41, 5.74) is 1.11. The number of carbonyl (C=O) groups is 2. The van der Waals surface area contributed by atoms with Gasteiger partial charge in [0.25, 0.3) is 0 Å². The maximum Gasteiger partial charge on any atom is 0.406 e. The van der Waals surface area contributed by atoms with E-state index in [9.17, 15) is 9.59 Å². The molecule has 1 N–H and O–H groups in total. The van der Waals surface area contributed by atoms with Crippen molar-refractivity contribution in [1.82, 2.24) is 5.32 Å². The Kier molecular flexibility index (Phi) is 4.06. The molecule has 2 amide bonds. The molecule has 1 heterocycles. The predicted molar refractivity (Wildman–Crippen MR) is 78.8 cm³/mol. The van der Waals surface area contributed by atoms with Gasteiger partial charge in [-0.2, -0.15) is 0 Å². The molecule has 21 heavy (non-hydrogen) atoms. The molecule has 1 aromatic rings. The molecule has 0 radical (unpaired) electrons. The van der Waals surface area contributed by atoms with Crippen LogP contribution >= 0.6 is 0 Å². The van der Waals surface area contributed by atoms with Crippen molar-refractivity contribution in [2.75, 3.05) is 32.7 Å². The first-order valence-corrected chi connectivity index (χ1v) is 6.72. The third-order valence-electron chi connectivity index (χ3n) is 4.02. The van der Waals surface area contributed by atoms with Crippen molar-refractivity contribution in [3.63, 3.8) is 0 Å². The first-order valence-electron chi connectivity index (χ1n) is 6.72. The molecule has 0 aliphatic carbocycles. The van der Waals surface area contributed by atoms with Crippen LogP contribution in [0.5, 0.6) is 5.75 Å². The molecule has 1 aliphatic rings. The minimum atomic E-state index is -0.681. The van der Waals surface area contributed by atoms with Crippen molar-refractivity contribution in [2.24, 2.45) is 0 Å². The topological polar surface area (TPSA) is 67.9 Å². The number of benzene rings is 1. The fourth-order valence-electron chi connectivity index (χ4n) is 2.70. The quantitative estimate of drug-likeness (QED) is 0.916. The number of ether oxygens (including phenoxy) is 2. The Balaban J connectivity index is 2.27. The third kappa shape index (κ3) is 2.53. The van der Waals surface area contributed by atoms with Crippen LogP contribution in [-0.2, 0) is 14.9 Å². The number of hydrogen-bond acceptors (Lipinski definition) is 4. The molecule has 0 bridgehead atoms. The normalized spacial score (nSPS) is 20.2. The van der Waals surface area contributed by atoms with E-state index in [0.717, 1.165) is 11.3 Å². The van der Waals surface area contributed by atoms with Crippen LogP contribution in [0.2, 0.25) is 0 Å². The highest BCUT2D eigenvalue weighted by Gasteiger charge is 2.45. The minimum Gasteiger partial charge on any atom is -0.497 e. The van der Waals surface area contributed by atoms with E-state index in [1.807, 2.05) is 25.1 Å². The summed E-state index contributed by atoms with van der Waals surface area (Å²) in [5.74, 6) is 0.724. The lowest BCUT2D eigenvalue weighted by molar-refractivity contribution is -0.122. The lowest BCUT2D eigenvalue weighted by atomic mass is 9.80. The molecule has 0 saturated carbocycles. The van der Waals surface area contributed by atoms with Gasteiger partial charge in [-0.15, -0.1) is 0 Å². The molecular formula is C15H20N2O4. The average Bonchev–Trinajstić information content (AvgIpc) is 2.69. The Morgan fingerprint density at radius 3 is 2.71 bits per heavy atom. The van der Waals surface area contributed by atoms with E-state index in [1.54, 1.807) is 19.1 Å². The number of anilines is 1. The Labute approximate surface area is 124 Å². The molecule has 2 rings (SSSR count). The SMILES string of the molecule is COC(=O)NCC[C@]1(C)C(=O)N(C)c2ccc(OC)cc21. The zero-order valence-electron chi connectivity index (χ0n) is 12.7. The van der Waals surface area contributed by atoms with Crippen LogP contribution in [-0.4, -0.2) is 39.8 Å². The number of hydrogen-bond donors (Lipinski definition) is 1. The van der Waals surface area contributed by atoms with Gasteiger partial charge in [-0.1, -0.05) is 0 Å². The van der Waals surface area contributed by atoms with E-state index in [2.05, 4.69) is 10.1 Å². The number of nitrogens with zero attached hydrogens (tertiary/aromatic N) is 1. The van der Waals surface area contributed by atoms with Gasteiger partial charge < -0.3 is 19.7 Å². The summed E-state index contributed by atoms with van der Waals surface area (Å²) < 4.78 is 9.78. The summed E-state index contributed by atoms with van der Waals surface area (Å²) in [6.07, 6.45) is -0.00547. The van der Waals surface area contributed by atoms with Gasteiger partial charge in [0, 0.05) is 19.3 Å². The van der Waals surface area contributed by atoms with Crippen molar-refractivity contribution in [3.05, 3.63) is 23.8 Å². The van der Waals surface area contributed by atoms with Gasteiger partial charge in [0.05, 0.1) is 19.6 Å². The smallest absolute Gasteiger partial charge is 0.406 e. The second kappa shape index (κ2) is 5.63. The second-order valence-corrected chi connectivity index (χ2v) is 5.25. The highest BCUT2D eigenvalue weighted by molar-refractivity contribution is 6.07. The second-order valence-electron chi connectivity index (χ2n) is 5.25. The Morgan fingerprint density at radius 2 is 2.10 bits per heavy atom. The standard InChI is InChI=1S/C15H20N2O4/c1-15(7-8-16-14(19)21-4)11-9-10(20-3)5-6-12(11)17(2)13(15)18/h5-6,9H,7-8H2,1-4H3,(H,16,19)/t15-/m0/s1. The largest absolute Gasteiger partial charge is 0.497 e. The average molecular weight is 292 g/mol. The summed E-state index contributed by atoms with van der Waals surface area (Å²) in [7, 11) is 4.66. The number of rotatable bonds is 4. The van der Waals surface area contributed by atoms with E-state index in [1.165, 1.54) is 7.11 Å². The fourth-order valence-corrected chi connectivity index (χ4v) is 2.70. The van der Waals surface area contributed by atoms with E-state index in [-0.39, 0.29) is 5.91 Å². The molecule has 6 nitrogen and oxygen atoms in total. The van der Waals surface area contributed by atoms with E-state index >= 15 is 0 Å². The number of carbonyl (C=O) groups excluding carboxylic acids is 2. The number of alkyl carbamates (subject to hydrolysis) is 1. The van der Waals surface area contributed by atoms with E-state index in [0.29, 0.717) is 18.7 Å². The molecule has 1 aromatic carbocycles. The predicted octanol–water partition coefficient (Wildman–Crippen LogP) is 1.68. The molecule has 0 unspecified atom stereocenters. The van der Waals surface area contributed by atoms with Gasteiger partial charge >= 0.3 is 6.09 Å². The molecule has 6 heteroatoms. The van der Waals surface area contributed by atoms with Crippen molar-refractivity contribution in [2.45, 2.75) is 18.8 Å². The van der Waals surface area contributed by atoms with Crippen LogP contribution in [0.3, 0.4) is 0 Å². The lowest BCUT2D eigenvalue weighted by Crippen LogP contribution is -2.39. The van der Waals surface area contributed by atoms with Gasteiger partial charge in [-0.3, -0.25) is 4.79 Å². The zero-order valence-corrected chi connectivity index (χ0v) is 12.7. The van der Waals surface area contributed by atoms with Crippen molar-refractivity contribution < 1.29 is 19.1 Å². The highest BCUT2D eigenvalue weighted by atomic mass is 16.5. The van der Waals surface area contributed by atoms with Crippen LogP contribution in [0, 0.1) is 0 Å². The number of amides is 2. The minimum absolute atomic E-state index is 0.0115.